The summed E-state index contributed by atoms with van der Waals surface area (Å²) in [6.45, 7) is 4.92. The first kappa shape index (κ1) is 19.6. The molecule has 0 saturated heterocycles. The van der Waals surface area contributed by atoms with Crippen LogP contribution in [0.25, 0.3) is 11.4 Å². The summed E-state index contributed by atoms with van der Waals surface area (Å²) >= 11 is 4.76. The van der Waals surface area contributed by atoms with Crippen LogP contribution >= 0.6 is 27.7 Å². The monoisotopic (exact) mass is 468 g/mol. The zero-order valence-corrected chi connectivity index (χ0v) is 18.4. The molecule has 4 rings (SSSR count). The number of hydrogen-bond donors (Lipinski definition) is 0. The highest BCUT2D eigenvalue weighted by Gasteiger charge is 2.32. The van der Waals surface area contributed by atoms with Crippen molar-refractivity contribution >= 4 is 50.4 Å². The first-order chi connectivity index (χ1) is 13.8. The summed E-state index contributed by atoms with van der Waals surface area (Å²) in [6, 6.07) is 15.4. The number of nitrogens with zero attached hydrogens (tertiary/aromatic N) is 4. The van der Waals surface area contributed by atoms with E-state index < -0.39 is 0 Å². The van der Waals surface area contributed by atoms with E-state index in [-0.39, 0.29) is 11.8 Å². The second-order valence-corrected chi connectivity index (χ2v) is 8.52. The molecule has 3 aromatic rings. The van der Waals surface area contributed by atoms with Gasteiger partial charge in [-0.15, -0.1) is 0 Å². The van der Waals surface area contributed by atoms with Crippen LogP contribution < -0.4 is 5.01 Å². The minimum absolute atomic E-state index is 0.178. The van der Waals surface area contributed by atoms with E-state index in [0.29, 0.717) is 21.7 Å². The minimum atomic E-state index is -0.273. The van der Waals surface area contributed by atoms with Crippen molar-refractivity contribution in [2.45, 2.75) is 25.8 Å². The van der Waals surface area contributed by atoms with Crippen molar-refractivity contribution in [1.82, 2.24) is 9.55 Å². The number of aryl methyl sites for hydroxylation is 1. The number of benzene rings is 2. The zero-order chi connectivity index (χ0) is 20.7. The molecule has 8 heteroatoms. The summed E-state index contributed by atoms with van der Waals surface area (Å²) in [5.41, 5.74) is 2.76. The number of imidazole rings is 1. The van der Waals surface area contributed by atoms with Gasteiger partial charge in [-0.05, 0) is 30.8 Å². The molecule has 2 aromatic carbocycles. The Balaban J connectivity index is 1.89. The average Bonchev–Trinajstić information content (AvgIpc) is 3.07. The van der Waals surface area contributed by atoms with Crippen LogP contribution in [0, 0.1) is 6.92 Å². The quantitative estimate of drug-likeness (QED) is 0.524. The predicted molar refractivity (Wildman–Crippen MR) is 118 cm³/mol. The molecule has 1 aromatic heterocycles. The van der Waals surface area contributed by atoms with E-state index in [2.05, 4.69) is 26.0 Å². The van der Waals surface area contributed by atoms with Gasteiger partial charge in [0.1, 0.15) is 15.9 Å². The first-order valence-corrected chi connectivity index (χ1v) is 10.5. The Bertz CT molecular complexity index is 1150. The Morgan fingerprint density at radius 2 is 1.55 bits per heavy atom. The number of fused-ring (bicyclic) bond motifs is 1. The molecule has 29 heavy (non-hydrogen) atoms. The number of anilines is 1. The molecule has 0 N–H and O–H groups in total. The average molecular weight is 469 g/mol. The van der Waals surface area contributed by atoms with Gasteiger partial charge in [-0.1, -0.05) is 57.9 Å². The lowest BCUT2D eigenvalue weighted by atomic mass is 10.1. The molecular formula is C21H17BrN4O2S. The number of halogens is 1. The summed E-state index contributed by atoms with van der Waals surface area (Å²) in [4.78, 5) is 29.5. The van der Waals surface area contributed by atoms with Crippen molar-refractivity contribution < 1.29 is 9.59 Å². The highest BCUT2D eigenvalue weighted by Crippen LogP contribution is 2.40. The van der Waals surface area contributed by atoms with Crippen LogP contribution in [-0.2, 0) is 4.79 Å². The van der Waals surface area contributed by atoms with Crippen LogP contribution in [0.2, 0.25) is 0 Å². The van der Waals surface area contributed by atoms with Crippen molar-refractivity contribution in [3.8, 4) is 11.4 Å². The Labute approximate surface area is 180 Å². The molecule has 1 aliphatic heterocycles. The molecule has 1 aliphatic rings. The second kappa shape index (κ2) is 7.61. The topological polar surface area (TPSA) is 67.6 Å². The predicted octanol–water partition coefficient (Wildman–Crippen LogP) is 5.10. The van der Waals surface area contributed by atoms with E-state index in [1.54, 1.807) is 4.57 Å². The largest absolute Gasteiger partial charge is 0.274 e. The third-order valence-electron chi connectivity index (χ3n) is 4.42. The molecule has 2 heterocycles. The third kappa shape index (κ3) is 3.65. The van der Waals surface area contributed by atoms with Gasteiger partial charge in [0.05, 0.1) is 0 Å². The number of hydrazone groups is 1. The molecule has 0 saturated carbocycles. The lowest BCUT2D eigenvalue weighted by molar-refractivity contribution is -0.116. The van der Waals surface area contributed by atoms with Crippen molar-refractivity contribution in [2.75, 3.05) is 5.01 Å². The number of carbonyl (C=O) groups excluding carboxylic acids is 2. The van der Waals surface area contributed by atoms with Crippen molar-refractivity contribution in [2.24, 2.45) is 5.10 Å². The second-order valence-electron chi connectivity index (χ2n) is 6.63. The summed E-state index contributed by atoms with van der Waals surface area (Å²) in [6.07, 6.45) is 0. The summed E-state index contributed by atoms with van der Waals surface area (Å²) < 4.78 is 2.50. The fourth-order valence-electron chi connectivity index (χ4n) is 2.99. The lowest BCUT2D eigenvalue weighted by Crippen LogP contribution is -2.28. The highest BCUT2D eigenvalue weighted by atomic mass is 79.9. The number of aromatic nitrogens is 2. The van der Waals surface area contributed by atoms with Crippen molar-refractivity contribution in [3.63, 3.8) is 0 Å². The van der Waals surface area contributed by atoms with Crippen LogP contribution in [0.15, 0.2) is 63.1 Å². The van der Waals surface area contributed by atoms with Gasteiger partial charge in [-0.2, -0.15) is 10.1 Å². The number of amides is 1. The fourth-order valence-corrected chi connectivity index (χ4v) is 4.34. The zero-order valence-electron chi connectivity index (χ0n) is 16.0. The van der Waals surface area contributed by atoms with Crippen molar-refractivity contribution in [3.05, 3.63) is 64.1 Å². The van der Waals surface area contributed by atoms with Gasteiger partial charge in [0.25, 0.3) is 0 Å². The van der Waals surface area contributed by atoms with Gasteiger partial charge >= 0.3 is 0 Å². The SMILES string of the molecule is CC(=O)N1N=C(c2ccc(Br)cc2)Sc2c1nc(-c1ccc(C)cc1)n2C(C)=O. The molecule has 0 atom stereocenters. The maximum absolute atomic E-state index is 12.6. The molecular weight excluding hydrogens is 452 g/mol. The Kier molecular flexibility index (Phi) is 5.14. The third-order valence-corrected chi connectivity index (χ3v) is 6.01. The van der Waals surface area contributed by atoms with Gasteiger partial charge in [0.2, 0.25) is 11.8 Å². The Morgan fingerprint density at radius 1 is 0.931 bits per heavy atom. The molecule has 0 spiro atoms. The maximum Gasteiger partial charge on any atom is 0.245 e. The van der Waals surface area contributed by atoms with Gasteiger partial charge in [-0.25, -0.2) is 4.98 Å². The molecule has 1 amide bonds. The molecule has 146 valence electrons. The van der Waals surface area contributed by atoms with Crippen molar-refractivity contribution in [1.29, 1.82) is 0 Å². The molecule has 0 fully saturated rings. The summed E-state index contributed by atoms with van der Waals surface area (Å²) in [7, 11) is 0. The highest BCUT2D eigenvalue weighted by molar-refractivity contribution is 9.10. The van der Waals surface area contributed by atoms with Gasteiger partial charge in [-0.3, -0.25) is 14.2 Å². The first-order valence-electron chi connectivity index (χ1n) is 8.89. The smallest absolute Gasteiger partial charge is 0.245 e. The molecule has 0 radical (unpaired) electrons. The van der Waals surface area contributed by atoms with E-state index in [0.717, 1.165) is 21.2 Å². The normalized spacial score (nSPS) is 13.1. The van der Waals surface area contributed by atoms with Gasteiger partial charge in [0, 0.05) is 29.4 Å². The molecule has 6 nitrogen and oxygen atoms in total. The Morgan fingerprint density at radius 3 is 2.14 bits per heavy atom. The van der Waals surface area contributed by atoms with E-state index in [1.165, 1.54) is 30.6 Å². The minimum Gasteiger partial charge on any atom is -0.274 e. The molecule has 0 unspecified atom stereocenters. The number of hydrogen-bond acceptors (Lipinski definition) is 5. The van der Waals surface area contributed by atoms with Crippen LogP contribution in [0.3, 0.4) is 0 Å². The van der Waals surface area contributed by atoms with Crippen LogP contribution in [0.5, 0.6) is 0 Å². The lowest BCUT2D eigenvalue weighted by Gasteiger charge is -2.21. The van der Waals surface area contributed by atoms with Crippen LogP contribution in [-0.4, -0.2) is 26.4 Å². The Hall–Kier alpha value is -2.71. The molecule has 0 bridgehead atoms. The van der Waals surface area contributed by atoms with E-state index in [9.17, 15) is 9.59 Å². The summed E-state index contributed by atoms with van der Waals surface area (Å²) in [5, 5.41) is 6.97. The van der Waals surface area contributed by atoms with E-state index in [4.69, 9.17) is 0 Å². The number of carbonyl (C=O) groups is 2. The number of rotatable bonds is 2. The number of thioether (sulfide) groups is 1. The van der Waals surface area contributed by atoms with E-state index in [1.807, 2.05) is 55.5 Å². The van der Waals surface area contributed by atoms with Crippen LogP contribution in [0.4, 0.5) is 5.82 Å². The fraction of sp³-hybridized carbons (Fsp3) is 0.143. The maximum atomic E-state index is 12.6. The summed E-state index contributed by atoms with van der Waals surface area (Å²) in [5.74, 6) is 0.412. The van der Waals surface area contributed by atoms with Crippen LogP contribution in [0.1, 0.15) is 29.8 Å². The standard InChI is InChI=1S/C21H17BrN4O2S/c1-12-4-6-15(7-5-12)18-23-19-21(25(18)13(2)27)29-20(24-26(19)14(3)28)16-8-10-17(22)11-9-16/h4-11H,1-3H3. The van der Waals surface area contributed by atoms with Gasteiger partial charge in [0.15, 0.2) is 5.82 Å². The van der Waals surface area contributed by atoms with E-state index >= 15 is 0 Å². The van der Waals surface area contributed by atoms with Gasteiger partial charge < -0.3 is 0 Å². The molecule has 0 aliphatic carbocycles.